The van der Waals surface area contributed by atoms with E-state index in [4.69, 9.17) is 4.74 Å². The molecular formula is C34H36N12O7. The maximum absolute atomic E-state index is 13.3. The van der Waals surface area contributed by atoms with Crippen molar-refractivity contribution in [2.24, 2.45) is 7.05 Å². The largest absolute Gasteiger partial charge is 0.494 e. The molecule has 2 aliphatic heterocycles. The van der Waals surface area contributed by atoms with Crippen molar-refractivity contribution in [3.05, 3.63) is 65.6 Å². The quantitative estimate of drug-likeness (QED) is 0.0779. The first-order valence-corrected chi connectivity index (χ1v) is 16.6. The Labute approximate surface area is 302 Å². The van der Waals surface area contributed by atoms with E-state index in [1.807, 2.05) is 0 Å². The van der Waals surface area contributed by atoms with Gasteiger partial charge in [0.05, 0.1) is 41.7 Å². The van der Waals surface area contributed by atoms with E-state index >= 15 is 0 Å². The fourth-order valence-electron chi connectivity index (χ4n) is 5.96. The van der Waals surface area contributed by atoms with Crippen molar-refractivity contribution < 1.29 is 33.5 Å². The topological polar surface area (TPSA) is 244 Å². The number of carbonyl (C=O) groups excluding carboxylic acids is 6. The van der Waals surface area contributed by atoms with Crippen LogP contribution in [0.1, 0.15) is 50.5 Å². The lowest BCUT2D eigenvalue weighted by molar-refractivity contribution is -0.136. The summed E-state index contributed by atoms with van der Waals surface area (Å²) in [6.45, 7) is 0.747. The molecule has 2 aromatic carbocycles. The number of fused-ring (bicyclic) bond motifs is 1. The third-order valence-electron chi connectivity index (χ3n) is 8.43. The van der Waals surface area contributed by atoms with Crippen molar-refractivity contribution in [1.82, 2.24) is 45.8 Å². The summed E-state index contributed by atoms with van der Waals surface area (Å²) in [5, 5.41) is 29.2. The third kappa shape index (κ3) is 7.64. The highest BCUT2D eigenvalue weighted by molar-refractivity contribution is 6.25. The second-order valence-corrected chi connectivity index (χ2v) is 12.0. The van der Waals surface area contributed by atoms with Crippen molar-refractivity contribution in [2.75, 3.05) is 49.7 Å². The summed E-state index contributed by atoms with van der Waals surface area (Å²) in [4.78, 5) is 81.0. The minimum atomic E-state index is -1.05. The summed E-state index contributed by atoms with van der Waals surface area (Å²) in [6, 6.07) is 10.6. The number of imide groups is 2. The van der Waals surface area contributed by atoms with Crippen LogP contribution >= 0.6 is 0 Å². The summed E-state index contributed by atoms with van der Waals surface area (Å²) in [7, 11) is 4.71. The monoisotopic (exact) mass is 724 g/mol. The average molecular weight is 725 g/mol. The second-order valence-electron chi connectivity index (χ2n) is 12.0. The van der Waals surface area contributed by atoms with E-state index in [1.165, 1.54) is 26.3 Å². The molecule has 274 valence electrons. The highest BCUT2D eigenvalue weighted by Gasteiger charge is 2.45. The number of carbonyl (C=O) groups is 6. The molecule has 0 aliphatic carbocycles. The van der Waals surface area contributed by atoms with Gasteiger partial charge in [0.1, 0.15) is 12.4 Å². The van der Waals surface area contributed by atoms with Gasteiger partial charge in [-0.3, -0.25) is 43.7 Å². The van der Waals surface area contributed by atoms with Crippen LogP contribution in [-0.2, 0) is 21.4 Å². The van der Waals surface area contributed by atoms with Crippen molar-refractivity contribution in [1.29, 1.82) is 0 Å². The van der Waals surface area contributed by atoms with Crippen LogP contribution in [-0.4, -0.2) is 105 Å². The van der Waals surface area contributed by atoms with Crippen molar-refractivity contribution in [2.45, 2.75) is 25.3 Å². The van der Waals surface area contributed by atoms with Gasteiger partial charge in [0, 0.05) is 38.8 Å². The number of hydrogen-bond donors (Lipinski definition) is 6. The number of anilines is 4. The van der Waals surface area contributed by atoms with Gasteiger partial charge >= 0.3 is 0 Å². The average Bonchev–Trinajstić information content (AvgIpc) is 3.69. The number of para-hydroxylation sites is 1. The van der Waals surface area contributed by atoms with E-state index in [-0.39, 0.29) is 47.7 Å². The molecule has 0 saturated carbocycles. The van der Waals surface area contributed by atoms with Crippen LogP contribution in [0, 0.1) is 0 Å². The lowest BCUT2D eigenvalue weighted by atomic mass is 10.0. The van der Waals surface area contributed by atoms with E-state index in [1.54, 1.807) is 48.4 Å². The van der Waals surface area contributed by atoms with E-state index in [0.717, 1.165) is 4.90 Å². The number of nitrogens with zero attached hydrogens (tertiary/aromatic N) is 6. The van der Waals surface area contributed by atoms with Crippen LogP contribution in [0.3, 0.4) is 0 Å². The molecule has 1 fully saturated rings. The standard InChI is InChI=1S/C34H36N12O7/c1-35-32(50)28-22(39-21-10-5-8-19(29(21)53-3)30-38-17-45(2)44-30)15-24(42-43-28)40-26(48)16-36-13-6-14-37-20-9-4-7-18-27(20)34(52)46(33(18)51)23-11-12-25(47)41-31(23)49/h4-5,7-10,15,17,23,36-37H,6,11-14,16H2,1-3H3,(H,35,50)(H,41,47,49)(H2,39,40,42,48). The van der Waals surface area contributed by atoms with Gasteiger partial charge in [0.2, 0.25) is 17.7 Å². The van der Waals surface area contributed by atoms with Gasteiger partial charge in [-0.1, -0.05) is 12.1 Å². The first-order valence-electron chi connectivity index (χ1n) is 16.6. The number of ether oxygens (including phenoxy) is 1. The summed E-state index contributed by atoms with van der Waals surface area (Å²) in [5.41, 5.74) is 2.14. The van der Waals surface area contributed by atoms with Crippen LogP contribution in [0.4, 0.5) is 22.9 Å². The molecule has 0 spiro atoms. The number of piperidine rings is 1. The molecule has 1 unspecified atom stereocenters. The van der Waals surface area contributed by atoms with Gasteiger partial charge in [-0.2, -0.15) is 5.10 Å². The van der Waals surface area contributed by atoms with Gasteiger partial charge in [-0.15, -0.1) is 10.2 Å². The smallest absolute Gasteiger partial charge is 0.273 e. The molecule has 2 aliphatic rings. The Morgan fingerprint density at radius 2 is 1.75 bits per heavy atom. The molecule has 1 atom stereocenters. The summed E-state index contributed by atoms with van der Waals surface area (Å²) >= 11 is 0. The molecule has 2 aromatic heterocycles. The minimum absolute atomic E-state index is 0.0154. The molecular weight excluding hydrogens is 688 g/mol. The first kappa shape index (κ1) is 36.0. The zero-order valence-electron chi connectivity index (χ0n) is 29.0. The van der Waals surface area contributed by atoms with E-state index < -0.39 is 41.5 Å². The zero-order valence-corrected chi connectivity index (χ0v) is 29.0. The SMILES string of the molecule is CNC(=O)c1nnc(NC(=O)CNCCCNc2cccc3c2C(=O)N(C2CCC(=O)NC2=O)C3=O)cc1Nc1cccc(-c2ncn(C)n2)c1OC. The van der Waals surface area contributed by atoms with Gasteiger partial charge in [-0.05, 0) is 43.7 Å². The molecule has 6 amide bonds. The Balaban J connectivity index is 1.03. The minimum Gasteiger partial charge on any atom is -0.494 e. The highest BCUT2D eigenvalue weighted by atomic mass is 16.5. The molecule has 4 aromatic rings. The van der Waals surface area contributed by atoms with Crippen LogP contribution < -0.4 is 36.6 Å². The van der Waals surface area contributed by atoms with Crippen molar-refractivity contribution in [3.8, 4) is 17.1 Å². The lowest BCUT2D eigenvalue weighted by Crippen LogP contribution is -2.54. The number of amides is 6. The molecule has 4 heterocycles. The maximum atomic E-state index is 13.3. The lowest BCUT2D eigenvalue weighted by Gasteiger charge is -2.27. The predicted molar refractivity (Wildman–Crippen MR) is 189 cm³/mol. The van der Waals surface area contributed by atoms with Gasteiger partial charge in [0.25, 0.3) is 17.7 Å². The Kier molecular flexibility index (Phi) is 10.6. The maximum Gasteiger partial charge on any atom is 0.273 e. The van der Waals surface area contributed by atoms with Crippen LogP contribution in [0.25, 0.3) is 11.4 Å². The molecule has 19 heteroatoms. The second kappa shape index (κ2) is 15.6. The summed E-state index contributed by atoms with van der Waals surface area (Å²) < 4.78 is 7.24. The molecule has 0 radical (unpaired) electrons. The number of aryl methyl sites for hydroxylation is 1. The number of aromatic nitrogens is 5. The molecule has 6 N–H and O–H groups in total. The number of hydrogen-bond acceptors (Lipinski definition) is 14. The van der Waals surface area contributed by atoms with Gasteiger partial charge in [-0.25, -0.2) is 4.98 Å². The Bertz CT molecular complexity index is 2120. The molecule has 6 rings (SSSR count). The van der Waals surface area contributed by atoms with Crippen molar-refractivity contribution >= 4 is 58.3 Å². The van der Waals surface area contributed by atoms with Crippen molar-refractivity contribution in [3.63, 3.8) is 0 Å². The number of rotatable bonds is 14. The molecule has 19 nitrogen and oxygen atoms in total. The summed E-state index contributed by atoms with van der Waals surface area (Å²) in [6.07, 6.45) is 2.21. The van der Waals surface area contributed by atoms with E-state index in [2.05, 4.69) is 52.2 Å². The highest BCUT2D eigenvalue weighted by Crippen LogP contribution is 2.37. The Morgan fingerprint density at radius 1 is 0.981 bits per heavy atom. The Hall–Kier alpha value is -6.76. The third-order valence-corrected chi connectivity index (χ3v) is 8.43. The van der Waals surface area contributed by atoms with E-state index in [9.17, 15) is 28.8 Å². The van der Waals surface area contributed by atoms with Crippen LogP contribution in [0.5, 0.6) is 5.75 Å². The fourth-order valence-corrected chi connectivity index (χ4v) is 5.96. The van der Waals surface area contributed by atoms with Gasteiger partial charge < -0.3 is 31.3 Å². The molecule has 0 bridgehead atoms. The normalized spacial score (nSPS) is 15.2. The Morgan fingerprint density at radius 3 is 2.47 bits per heavy atom. The summed E-state index contributed by atoms with van der Waals surface area (Å²) in [5.74, 6) is -2.25. The van der Waals surface area contributed by atoms with Crippen LogP contribution in [0.2, 0.25) is 0 Å². The number of methoxy groups -OCH3 is 1. The number of benzene rings is 2. The predicted octanol–water partition coefficient (Wildman–Crippen LogP) is 0.815. The molecule has 53 heavy (non-hydrogen) atoms. The van der Waals surface area contributed by atoms with Crippen LogP contribution in [0.15, 0.2) is 48.8 Å². The zero-order chi connectivity index (χ0) is 37.6. The van der Waals surface area contributed by atoms with Gasteiger partial charge in [0.15, 0.2) is 23.1 Å². The first-order chi connectivity index (χ1) is 25.6. The fraction of sp³-hybridized carbons (Fsp3) is 0.294. The number of nitrogens with one attached hydrogen (secondary N) is 6. The van der Waals surface area contributed by atoms with E-state index in [0.29, 0.717) is 48.0 Å². The molecule has 1 saturated heterocycles.